The fourth-order valence-electron chi connectivity index (χ4n) is 3.72. The van der Waals surface area contributed by atoms with Gasteiger partial charge in [-0.15, -0.1) is 0 Å². The highest BCUT2D eigenvalue weighted by molar-refractivity contribution is 5.96. The van der Waals surface area contributed by atoms with Crippen LogP contribution in [0.4, 0.5) is 0 Å². The summed E-state index contributed by atoms with van der Waals surface area (Å²) >= 11 is 0. The molecule has 2 aliphatic heterocycles. The predicted octanol–water partition coefficient (Wildman–Crippen LogP) is -2.96. The molecule has 0 saturated carbocycles. The van der Waals surface area contributed by atoms with E-state index in [0.29, 0.717) is 19.4 Å². The third-order valence-electron chi connectivity index (χ3n) is 5.28. The summed E-state index contributed by atoms with van der Waals surface area (Å²) in [7, 11) is 0. The number of aliphatic hydroxyl groups is 1. The molecular weight excluding hydrogens is 398 g/mol. The number of carboxylic acid groups (broad SMARTS) is 1. The molecule has 12 nitrogen and oxygen atoms in total. The quantitative estimate of drug-likeness (QED) is 0.225. The summed E-state index contributed by atoms with van der Waals surface area (Å²) < 4.78 is 0. The smallest absolute Gasteiger partial charge is 0.328 e. The van der Waals surface area contributed by atoms with Gasteiger partial charge in [-0.05, 0) is 39.2 Å². The maximum atomic E-state index is 13.0. The fourth-order valence-corrected chi connectivity index (χ4v) is 3.72. The van der Waals surface area contributed by atoms with Gasteiger partial charge in [0.15, 0.2) is 6.04 Å². The van der Waals surface area contributed by atoms with Crippen LogP contribution in [-0.2, 0) is 24.0 Å². The normalized spacial score (nSPS) is 24.0. The minimum absolute atomic E-state index is 0.205. The summed E-state index contributed by atoms with van der Waals surface area (Å²) in [6.45, 7) is 2.11. The average molecular weight is 427 g/mol. The molecule has 2 fully saturated rings. The SMILES string of the molecule is C[C@@H](O)[C@H](NC(=O)[C@@H]1CCCN1C(=O)[C@H](CC(N)=O)NC(=O)[C@@H]1CCCN1)C(=O)O. The number of nitrogens with two attached hydrogens (primary N) is 1. The van der Waals surface area contributed by atoms with Crippen molar-refractivity contribution < 1.29 is 34.2 Å². The van der Waals surface area contributed by atoms with E-state index in [1.807, 2.05) is 0 Å². The summed E-state index contributed by atoms with van der Waals surface area (Å²) in [6.07, 6.45) is 0.428. The number of nitrogens with zero attached hydrogens (tertiary/aromatic N) is 1. The van der Waals surface area contributed by atoms with Gasteiger partial charge in [-0.25, -0.2) is 4.79 Å². The molecule has 5 atom stereocenters. The van der Waals surface area contributed by atoms with Gasteiger partial charge in [-0.2, -0.15) is 0 Å². The van der Waals surface area contributed by atoms with Crippen LogP contribution in [0.25, 0.3) is 0 Å². The number of hydrogen-bond acceptors (Lipinski definition) is 7. The monoisotopic (exact) mass is 427 g/mol. The second kappa shape index (κ2) is 10.3. The van der Waals surface area contributed by atoms with Crippen LogP contribution < -0.4 is 21.7 Å². The van der Waals surface area contributed by atoms with Gasteiger partial charge in [0.1, 0.15) is 12.1 Å². The standard InChI is InChI=1S/C18H29N5O7/c1-9(24)14(18(29)30)22-16(27)12-5-3-7-23(12)17(28)11(8-13(19)25)21-15(26)10-4-2-6-20-10/h9-12,14,20,24H,2-8H2,1H3,(H2,19,25)(H,21,26)(H,22,27)(H,29,30)/t9-,10+,11+,12+,14+/m1/s1. The number of hydrogen-bond donors (Lipinski definition) is 6. The largest absolute Gasteiger partial charge is 0.480 e. The molecular formula is C18H29N5O7. The van der Waals surface area contributed by atoms with Gasteiger partial charge >= 0.3 is 5.97 Å². The third-order valence-corrected chi connectivity index (χ3v) is 5.28. The fraction of sp³-hybridized carbons (Fsp3) is 0.722. The van der Waals surface area contributed by atoms with Crippen LogP contribution in [0.5, 0.6) is 0 Å². The van der Waals surface area contributed by atoms with Gasteiger partial charge in [0.25, 0.3) is 0 Å². The first kappa shape index (κ1) is 23.5. The number of nitrogens with one attached hydrogen (secondary N) is 3. The molecule has 7 N–H and O–H groups in total. The Kier molecular flexibility index (Phi) is 8.12. The van der Waals surface area contributed by atoms with Crippen LogP contribution in [0, 0.1) is 0 Å². The summed E-state index contributed by atoms with van der Waals surface area (Å²) in [5.41, 5.74) is 5.24. The molecule has 0 spiro atoms. The lowest BCUT2D eigenvalue weighted by Crippen LogP contribution is -2.58. The van der Waals surface area contributed by atoms with Gasteiger partial charge in [0.2, 0.25) is 23.6 Å². The molecule has 0 aromatic carbocycles. The Morgan fingerprint density at radius 3 is 2.37 bits per heavy atom. The van der Waals surface area contributed by atoms with Gasteiger partial charge in [0, 0.05) is 6.54 Å². The van der Waals surface area contributed by atoms with E-state index in [9.17, 15) is 29.1 Å². The highest BCUT2D eigenvalue weighted by Gasteiger charge is 2.40. The third kappa shape index (κ3) is 5.89. The molecule has 168 valence electrons. The zero-order chi connectivity index (χ0) is 22.4. The van der Waals surface area contributed by atoms with Crippen molar-refractivity contribution in [2.24, 2.45) is 5.73 Å². The van der Waals surface area contributed by atoms with E-state index in [1.165, 1.54) is 11.8 Å². The maximum Gasteiger partial charge on any atom is 0.328 e. The number of aliphatic hydroxyl groups excluding tert-OH is 1. The van der Waals surface area contributed by atoms with Gasteiger partial charge in [0.05, 0.1) is 18.6 Å². The molecule has 0 unspecified atom stereocenters. The Morgan fingerprint density at radius 2 is 1.83 bits per heavy atom. The number of carboxylic acids is 1. The Hall–Kier alpha value is -2.73. The summed E-state index contributed by atoms with van der Waals surface area (Å²) in [5.74, 6) is -3.98. The van der Waals surface area contributed by atoms with Crippen molar-refractivity contribution in [1.29, 1.82) is 0 Å². The number of carbonyl (C=O) groups excluding carboxylic acids is 4. The topological polar surface area (TPSA) is 191 Å². The summed E-state index contributed by atoms with van der Waals surface area (Å²) in [5, 5.41) is 26.5. The van der Waals surface area contributed by atoms with E-state index in [0.717, 1.165) is 6.42 Å². The highest BCUT2D eigenvalue weighted by atomic mass is 16.4. The van der Waals surface area contributed by atoms with Crippen molar-refractivity contribution in [3.05, 3.63) is 0 Å². The van der Waals surface area contributed by atoms with Crippen LogP contribution in [0.2, 0.25) is 0 Å². The van der Waals surface area contributed by atoms with Crippen molar-refractivity contribution in [2.75, 3.05) is 13.1 Å². The Morgan fingerprint density at radius 1 is 1.13 bits per heavy atom. The maximum absolute atomic E-state index is 13.0. The van der Waals surface area contributed by atoms with Crippen LogP contribution >= 0.6 is 0 Å². The van der Waals surface area contributed by atoms with E-state index in [2.05, 4.69) is 16.0 Å². The van der Waals surface area contributed by atoms with Crippen molar-refractivity contribution in [2.45, 2.75) is 69.3 Å². The Bertz CT molecular complexity index is 692. The zero-order valence-electron chi connectivity index (χ0n) is 16.8. The lowest BCUT2D eigenvalue weighted by atomic mass is 10.1. The lowest BCUT2D eigenvalue weighted by molar-refractivity contribution is -0.147. The first-order chi connectivity index (χ1) is 14.1. The number of amides is 4. The summed E-state index contributed by atoms with van der Waals surface area (Å²) in [6, 6.07) is -4.19. The molecule has 2 heterocycles. The molecule has 2 saturated heterocycles. The minimum Gasteiger partial charge on any atom is -0.480 e. The number of likely N-dealkylation sites (tertiary alicyclic amines) is 1. The molecule has 30 heavy (non-hydrogen) atoms. The Labute approximate surface area is 173 Å². The average Bonchev–Trinajstić information content (AvgIpc) is 3.35. The molecule has 2 aliphatic rings. The molecule has 12 heteroatoms. The second-order valence-electron chi connectivity index (χ2n) is 7.64. The van der Waals surface area contributed by atoms with Crippen molar-refractivity contribution >= 4 is 29.6 Å². The van der Waals surface area contributed by atoms with Gasteiger partial charge < -0.3 is 36.8 Å². The molecule has 0 radical (unpaired) electrons. The lowest BCUT2D eigenvalue weighted by Gasteiger charge is -2.29. The molecule has 4 amide bonds. The zero-order valence-corrected chi connectivity index (χ0v) is 16.8. The first-order valence-corrected chi connectivity index (χ1v) is 9.95. The van der Waals surface area contributed by atoms with Crippen molar-refractivity contribution in [1.82, 2.24) is 20.9 Å². The van der Waals surface area contributed by atoms with E-state index in [1.54, 1.807) is 0 Å². The number of primary amides is 1. The van der Waals surface area contributed by atoms with Crippen molar-refractivity contribution in [3.63, 3.8) is 0 Å². The van der Waals surface area contributed by atoms with E-state index >= 15 is 0 Å². The molecule has 0 aliphatic carbocycles. The summed E-state index contributed by atoms with van der Waals surface area (Å²) in [4.78, 5) is 61.9. The van der Waals surface area contributed by atoms with E-state index < -0.39 is 66.3 Å². The number of aliphatic carboxylic acids is 1. The minimum atomic E-state index is -1.52. The van der Waals surface area contributed by atoms with Crippen LogP contribution in [0.15, 0.2) is 0 Å². The van der Waals surface area contributed by atoms with E-state index in [-0.39, 0.29) is 13.0 Å². The van der Waals surface area contributed by atoms with Crippen LogP contribution in [-0.4, -0.2) is 88.1 Å². The molecule has 0 aromatic heterocycles. The molecule has 2 rings (SSSR count). The van der Waals surface area contributed by atoms with Gasteiger partial charge in [-0.3, -0.25) is 19.2 Å². The van der Waals surface area contributed by atoms with Crippen LogP contribution in [0.3, 0.4) is 0 Å². The van der Waals surface area contributed by atoms with Crippen molar-refractivity contribution in [3.8, 4) is 0 Å². The number of rotatable bonds is 9. The highest BCUT2D eigenvalue weighted by Crippen LogP contribution is 2.20. The number of carbonyl (C=O) groups is 5. The molecule has 0 aromatic rings. The first-order valence-electron chi connectivity index (χ1n) is 9.95. The van der Waals surface area contributed by atoms with E-state index in [4.69, 9.17) is 10.8 Å². The van der Waals surface area contributed by atoms with Crippen LogP contribution in [0.1, 0.15) is 39.0 Å². The Balaban J connectivity index is 2.10. The second-order valence-corrected chi connectivity index (χ2v) is 7.64. The predicted molar refractivity (Wildman–Crippen MR) is 103 cm³/mol. The van der Waals surface area contributed by atoms with Gasteiger partial charge in [-0.1, -0.05) is 0 Å². The molecule has 0 bridgehead atoms.